The summed E-state index contributed by atoms with van der Waals surface area (Å²) >= 11 is 0. The van der Waals surface area contributed by atoms with E-state index in [0.29, 0.717) is 0 Å². The zero-order chi connectivity index (χ0) is 11.3. The maximum Gasteiger partial charge on any atom is 2.00 e. The minimum Gasteiger partial charge on any atom is -0.679 e. The maximum atomic E-state index is 8.74. The molecular formula is C4H14CuN4O4S-2. The Kier molecular flexibility index (Phi) is 32.1. The molecule has 10 heteroatoms. The molecular weight excluding hydrogens is 264 g/mol. The molecule has 0 rings (SSSR count). The molecule has 0 saturated carbocycles. The van der Waals surface area contributed by atoms with Crippen LogP contribution in [0.4, 0.5) is 0 Å². The molecule has 1 radical (unpaired) electrons. The van der Waals surface area contributed by atoms with Crippen LogP contribution in [0.25, 0.3) is 22.9 Å². The summed E-state index contributed by atoms with van der Waals surface area (Å²) in [6.07, 6.45) is 0. The molecule has 0 aliphatic rings. The Morgan fingerprint density at radius 3 is 0.857 bits per heavy atom. The van der Waals surface area contributed by atoms with Gasteiger partial charge in [-0.05, 0) is 0 Å². The van der Waals surface area contributed by atoms with Crippen LogP contribution in [0.3, 0.4) is 0 Å². The van der Waals surface area contributed by atoms with Crippen molar-refractivity contribution in [3.05, 3.63) is 22.9 Å². The summed E-state index contributed by atoms with van der Waals surface area (Å²) in [4.78, 5) is 0. The van der Waals surface area contributed by atoms with Crippen molar-refractivity contribution in [2.24, 2.45) is 0 Å². The fourth-order valence-electron chi connectivity index (χ4n) is 0. The van der Waals surface area contributed by atoms with Crippen LogP contribution in [-0.2, 0) is 27.5 Å². The van der Waals surface area contributed by atoms with E-state index in [-0.39, 0.29) is 43.2 Å². The largest absolute Gasteiger partial charge is 2.00 e. The third-order valence-electron chi connectivity index (χ3n) is 0.250. The van der Waals surface area contributed by atoms with Gasteiger partial charge in [0.2, 0.25) is 0 Å². The molecule has 0 aliphatic carbocycles. The van der Waals surface area contributed by atoms with Gasteiger partial charge in [-0.15, -0.1) is 0 Å². The van der Waals surface area contributed by atoms with E-state index in [4.69, 9.17) is 40.5 Å². The maximum absolute atomic E-state index is 8.74. The number of hydrogen-bond acceptors (Lipinski definition) is 2. The SMILES string of the molecule is O=S(=O)(O)O.[Cu+2].[NH-]CC[NH-].[NH-]CC[NH-]. The van der Waals surface area contributed by atoms with Gasteiger partial charge in [0, 0.05) is 0 Å². The molecule has 0 aromatic carbocycles. The number of nitrogens with one attached hydrogen (secondary N) is 4. The van der Waals surface area contributed by atoms with Crippen molar-refractivity contribution in [3.8, 4) is 0 Å². The Bertz CT molecular complexity index is 149. The van der Waals surface area contributed by atoms with Gasteiger partial charge in [-0.2, -0.15) is 34.6 Å². The summed E-state index contributed by atoms with van der Waals surface area (Å²) < 4.78 is 31.6. The molecule has 0 saturated heterocycles. The summed E-state index contributed by atoms with van der Waals surface area (Å²) in [5, 5.41) is 0. The van der Waals surface area contributed by atoms with E-state index in [0.717, 1.165) is 0 Å². The van der Waals surface area contributed by atoms with E-state index >= 15 is 0 Å². The topological polar surface area (TPSA) is 170 Å². The van der Waals surface area contributed by atoms with Gasteiger partial charge in [0.15, 0.2) is 0 Å². The van der Waals surface area contributed by atoms with Gasteiger partial charge in [-0.25, -0.2) is 0 Å². The van der Waals surface area contributed by atoms with E-state index in [1.807, 2.05) is 0 Å². The van der Waals surface area contributed by atoms with Crippen LogP contribution in [0, 0.1) is 0 Å². The summed E-state index contributed by atoms with van der Waals surface area (Å²) in [6, 6.07) is 0. The van der Waals surface area contributed by atoms with E-state index in [2.05, 4.69) is 0 Å². The average molecular weight is 278 g/mol. The molecule has 0 atom stereocenters. The first kappa shape index (κ1) is 23.8. The second-order valence-electron chi connectivity index (χ2n) is 1.45. The summed E-state index contributed by atoms with van der Waals surface area (Å²) in [5.41, 5.74) is 25.1. The first-order chi connectivity index (χ1) is 5.83. The first-order valence-corrected chi connectivity index (χ1v) is 4.51. The van der Waals surface area contributed by atoms with Crippen LogP contribution < -0.4 is 0 Å². The van der Waals surface area contributed by atoms with Crippen LogP contribution in [0.2, 0.25) is 0 Å². The quantitative estimate of drug-likeness (QED) is 0.576. The van der Waals surface area contributed by atoms with Gasteiger partial charge in [0.1, 0.15) is 0 Å². The van der Waals surface area contributed by atoms with Gasteiger partial charge < -0.3 is 22.9 Å². The fraction of sp³-hybridized carbons (Fsp3) is 1.00. The minimum atomic E-state index is -4.67. The standard InChI is InChI=1S/2C2H6N2.Cu.H2O4S/c2*3-1-2-4;;1-5(2,3)4/h2*3-4H,1-2H2;;(H2,1,2,3,4)/q2*-2;+2;. The molecule has 6 N–H and O–H groups in total. The predicted molar refractivity (Wildman–Crippen MR) is 50.9 cm³/mol. The molecule has 0 aromatic rings. The number of hydrogen-bond donors (Lipinski definition) is 2. The van der Waals surface area contributed by atoms with E-state index < -0.39 is 10.4 Å². The molecule has 0 unspecified atom stereocenters. The normalized spacial score (nSPS) is 8.43. The van der Waals surface area contributed by atoms with Crippen molar-refractivity contribution in [1.29, 1.82) is 0 Å². The van der Waals surface area contributed by atoms with Gasteiger partial charge in [-0.3, -0.25) is 9.11 Å². The van der Waals surface area contributed by atoms with Gasteiger partial charge >= 0.3 is 27.5 Å². The Hall–Kier alpha value is 0.229. The van der Waals surface area contributed by atoms with Crippen LogP contribution in [0.5, 0.6) is 0 Å². The van der Waals surface area contributed by atoms with Crippen LogP contribution in [0.1, 0.15) is 0 Å². The molecule has 93 valence electrons. The van der Waals surface area contributed by atoms with Gasteiger partial charge in [0.25, 0.3) is 0 Å². The molecule has 8 nitrogen and oxygen atoms in total. The summed E-state index contributed by atoms with van der Waals surface area (Å²) in [6.45, 7) is 0.944. The second-order valence-corrected chi connectivity index (χ2v) is 2.34. The van der Waals surface area contributed by atoms with Crippen molar-refractivity contribution in [2.75, 3.05) is 26.2 Å². The third kappa shape index (κ3) is 310. The van der Waals surface area contributed by atoms with Crippen molar-refractivity contribution < 1.29 is 34.6 Å². The van der Waals surface area contributed by atoms with E-state index in [1.54, 1.807) is 0 Å². The third-order valence-corrected chi connectivity index (χ3v) is 0.250. The van der Waals surface area contributed by atoms with Gasteiger partial charge in [0.05, 0.1) is 0 Å². The zero-order valence-corrected chi connectivity index (χ0v) is 9.01. The molecule has 0 bridgehead atoms. The van der Waals surface area contributed by atoms with E-state index in [1.165, 1.54) is 0 Å². The average Bonchev–Trinajstić information content (AvgIpc) is 2.01. The van der Waals surface area contributed by atoms with E-state index in [9.17, 15) is 0 Å². The molecule has 0 spiro atoms. The minimum absolute atomic E-state index is 0. The predicted octanol–water partition coefficient (Wildman–Crippen LogP) is 1.53. The Labute approximate surface area is 94.4 Å². The summed E-state index contributed by atoms with van der Waals surface area (Å²) in [5.74, 6) is 0. The second kappa shape index (κ2) is 18.9. The van der Waals surface area contributed by atoms with Gasteiger partial charge in [-0.1, -0.05) is 0 Å². The fourth-order valence-corrected chi connectivity index (χ4v) is 0. The molecule has 0 aliphatic heterocycles. The van der Waals surface area contributed by atoms with Crippen molar-refractivity contribution in [2.45, 2.75) is 0 Å². The molecule has 0 amide bonds. The number of rotatable bonds is 2. The Morgan fingerprint density at radius 2 is 0.857 bits per heavy atom. The molecule has 0 aromatic heterocycles. The van der Waals surface area contributed by atoms with Crippen LogP contribution >= 0.6 is 0 Å². The van der Waals surface area contributed by atoms with Crippen molar-refractivity contribution in [1.82, 2.24) is 0 Å². The molecule has 0 heterocycles. The summed E-state index contributed by atoms with van der Waals surface area (Å²) in [7, 11) is -4.67. The van der Waals surface area contributed by atoms with Crippen molar-refractivity contribution in [3.63, 3.8) is 0 Å². The Morgan fingerprint density at radius 1 is 0.786 bits per heavy atom. The van der Waals surface area contributed by atoms with Crippen LogP contribution in [0.15, 0.2) is 0 Å². The zero-order valence-electron chi connectivity index (χ0n) is 7.25. The monoisotopic (exact) mass is 277 g/mol. The molecule has 14 heavy (non-hydrogen) atoms. The smallest absolute Gasteiger partial charge is 0.679 e. The first-order valence-electron chi connectivity index (χ1n) is 3.11. The molecule has 0 fully saturated rings. The Balaban J connectivity index is -0.0000000522. The van der Waals surface area contributed by atoms with Crippen LogP contribution in [-0.4, -0.2) is 43.7 Å². The van der Waals surface area contributed by atoms with Crippen molar-refractivity contribution >= 4 is 10.4 Å².